The molecule has 1 aromatic heterocycles. The van der Waals surface area contributed by atoms with Crippen LogP contribution in [0.1, 0.15) is 11.1 Å². The summed E-state index contributed by atoms with van der Waals surface area (Å²) in [7, 11) is 0. The second-order valence-electron chi connectivity index (χ2n) is 4.88. The Bertz CT molecular complexity index is 762. The van der Waals surface area contributed by atoms with Crippen molar-refractivity contribution in [2.24, 2.45) is 0 Å². The topological polar surface area (TPSA) is 12.9 Å². The van der Waals surface area contributed by atoms with Gasteiger partial charge in [0.05, 0.1) is 11.2 Å². The van der Waals surface area contributed by atoms with Gasteiger partial charge >= 0.3 is 0 Å². The highest BCUT2D eigenvalue weighted by molar-refractivity contribution is 5.82. The summed E-state index contributed by atoms with van der Waals surface area (Å²) in [5.41, 5.74) is 4.56. The van der Waals surface area contributed by atoms with Gasteiger partial charge in [0.2, 0.25) is 0 Å². The maximum absolute atomic E-state index is 14.1. The van der Waals surface area contributed by atoms with Crippen molar-refractivity contribution in [3.05, 3.63) is 65.5 Å². The fourth-order valence-corrected chi connectivity index (χ4v) is 2.25. The number of hydrogen-bond donors (Lipinski definition) is 0. The summed E-state index contributed by atoms with van der Waals surface area (Å²) in [5, 5.41) is 0.571. The maximum Gasteiger partial charge on any atom is 0.134 e. The minimum Gasteiger partial charge on any atom is -0.248 e. The molecule has 0 aliphatic rings. The molecule has 0 fully saturated rings. The number of benzene rings is 2. The second-order valence-corrected chi connectivity index (χ2v) is 4.88. The van der Waals surface area contributed by atoms with Crippen molar-refractivity contribution < 1.29 is 4.39 Å². The number of aryl methyl sites for hydroxylation is 2. The van der Waals surface area contributed by atoms with Crippen molar-refractivity contribution in [3.8, 4) is 11.3 Å². The van der Waals surface area contributed by atoms with Crippen LogP contribution in [0.3, 0.4) is 0 Å². The molecule has 1 heterocycles. The third-order valence-corrected chi connectivity index (χ3v) is 3.23. The quantitative estimate of drug-likeness (QED) is 0.613. The van der Waals surface area contributed by atoms with E-state index in [-0.39, 0.29) is 5.82 Å². The molecule has 0 bridgehead atoms. The Morgan fingerprint density at radius 2 is 1.68 bits per heavy atom. The molecule has 2 aromatic carbocycles. The molecule has 0 saturated carbocycles. The first-order valence-electron chi connectivity index (χ1n) is 6.27. The molecule has 0 spiro atoms. The van der Waals surface area contributed by atoms with Crippen LogP contribution in [-0.4, -0.2) is 4.98 Å². The monoisotopic (exact) mass is 251 g/mol. The first-order chi connectivity index (χ1) is 9.13. The smallest absolute Gasteiger partial charge is 0.134 e. The molecule has 0 radical (unpaired) electrons. The molecule has 0 aliphatic heterocycles. The van der Waals surface area contributed by atoms with Crippen molar-refractivity contribution in [3.63, 3.8) is 0 Å². The number of rotatable bonds is 1. The normalized spacial score (nSPS) is 10.9. The lowest BCUT2D eigenvalue weighted by atomic mass is 10.1. The average molecular weight is 251 g/mol. The first kappa shape index (κ1) is 11.8. The van der Waals surface area contributed by atoms with Crippen LogP contribution >= 0.6 is 0 Å². The van der Waals surface area contributed by atoms with Gasteiger partial charge < -0.3 is 0 Å². The zero-order valence-electron chi connectivity index (χ0n) is 10.9. The number of fused-ring (bicyclic) bond motifs is 1. The Morgan fingerprint density at radius 3 is 2.47 bits per heavy atom. The van der Waals surface area contributed by atoms with E-state index in [1.807, 2.05) is 50.2 Å². The third kappa shape index (κ3) is 2.22. The van der Waals surface area contributed by atoms with Crippen LogP contribution in [0.4, 0.5) is 4.39 Å². The lowest BCUT2D eigenvalue weighted by Crippen LogP contribution is -1.90. The Kier molecular flexibility index (Phi) is 2.79. The van der Waals surface area contributed by atoms with Gasteiger partial charge in [-0.25, -0.2) is 9.37 Å². The fraction of sp³-hybridized carbons (Fsp3) is 0.118. The number of nitrogens with zero attached hydrogens (tertiary/aromatic N) is 1. The molecule has 2 heteroatoms. The van der Waals surface area contributed by atoms with Crippen LogP contribution in [0.25, 0.3) is 22.2 Å². The fourth-order valence-electron chi connectivity index (χ4n) is 2.25. The van der Waals surface area contributed by atoms with Gasteiger partial charge in [0, 0.05) is 17.0 Å². The molecule has 3 aromatic rings. The molecule has 0 atom stereocenters. The van der Waals surface area contributed by atoms with Gasteiger partial charge in [-0.05, 0) is 37.6 Å². The number of halogens is 1. The second kappa shape index (κ2) is 4.47. The summed E-state index contributed by atoms with van der Waals surface area (Å²) in [6.07, 6.45) is 0. The molecule has 0 amide bonds. The van der Waals surface area contributed by atoms with E-state index in [2.05, 4.69) is 4.98 Å². The van der Waals surface area contributed by atoms with Crippen LogP contribution in [0.5, 0.6) is 0 Å². The van der Waals surface area contributed by atoms with E-state index < -0.39 is 0 Å². The van der Waals surface area contributed by atoms with Gasteiger partial charge in [0.25, 0.3) is 0 Å². The zero-order valence-corrected chi connectivity index (χ0v) is 10.9. The summed E-state index contributed by atoms with van der Waals surface area (Å²) in [5.74, 6) is -0.221. The molecule has 19 heavy (non-hydrogen) atoms. The number of aromatic nitrogens is 1. The van der Waals surface area contributed by atoms with Crippen molar-refractivity contribution in [1.82, 2.24) is 4.98 Å². The summed E-state index contributed by atoms with van der Waals surface area (Å²) in [4.78, 5) is 4.57. The lowest BCUT2D eigenvalue weighted by molar-refractivity contribution is 0.639. The summed E-state index contributed by atoms with van der Waals surface area (Å²) >= 11 is 0. The van der Waals surface area contributed by atoms with Crippen LogP contribution < -0.4 is 0 Å². The van der Waals surface area contributed by atoms with E-state index in [1.165, 1.54) is 6.07 Å². The molecular weight excluding hydrogens is 237 g/mol. The standard InChI is InChI=1S/C17H14FN/c1-11-4-3-5-13(8-11)16-10-15(18)14-7-6-12(2)9-17(14)19-16/h3-10H,1-2H3. The molecule has 3 rings (SSSR count). The van der Waals surface area contributed by atoms with Crippen molar-refractivity contribution in [1.29, 1.82) is 0 Å². The van der Waals surface area contributed by atoms with Gasteiger partial charge in [0.15, 0.2) is 0 Å². The highest BCUT2D eigenvalue weighted by atomic mass is 19.1. The molecule has 0 N–H and O–H groups in total. The SMILES string of the molecule is Cc1cccc(-c2cc(F)c3ccc(C)cc3n2)c1. The van der Waals surface area contributed by atoms with Crippen LogP contribution in [0.15, 0.2) is 48.5 Å². The van der Waals surface area contributed by atoms with Gasteiger partial charge in [-0.2, -0.15) is 0 Å². The highest BCUT2D eigenvalue weighted by Crippen LogP contribution is 2.25. The third-order valence-electron chi connectivity index (χ3n) is 3.23. The molecule has 0 aliphatic carbocycles. The Balaban J connectivity index is 2.25. The van der Waals surface area contributed by atoms with Crippen LogP contribution in [-0.2, 0) is 0 Å². The zero-order chi connectivity index (χ0) is 13.4. The number of hydrogen-bond acceptors (Lipinski definition) is 1. The number of pyridine rings is 1. The predicted molar refractivity (Wildman–Crippen MR) is 76.6 cm³/mol. The van der Waals surface area contributed by atoms with E-state index in [9.17, 15) is 4.39 Å². The minimum absolute atomic E-state index is 0.221. The van der Waals surface area contributed by atoms with Gasteiger partial charge in [-0.3, -0.25) is 0 Å². The van der Waals surface area contributed by atoms with E-state index >= 15 is 0 Å². The minimum atomic E-state index is -0.221. The van der Waals surface area contributed by atoms with Crippen molar-refractivity contribution in [2.45, 2.75) is 13.8 Å². The Morgan fingerprint density at radius 1 is 0.895 bits per heavy atom. The first-order valence-corrected chi connectivity index (χ1v) is 6.27. The average Bonchev–Trinajstić information content (AvgIpc) is 2.38. The predicted octanol–water partition coefficient (Wildman–Crippen LogP) is 4.66. The Hall–Kier alpha value is -2.22. The maximum atomic E-state index is 14.1. The summed E-state index contributed by atoms with van der Waals surface area (Å²) < 4.78 is 14.1. The van der Waals surface area contributed by atoms with Crippen LogP contribution in [0, 0.1) is 19.7 Å². The van der Waals surface area contributed by atoms with E-state index in [0.717, 1.165) is 16.7 Å². The summed E-state index contributed by atoms with van der Waals surface area (Å²) in [6.45, 7) is 4.00. The van der Waals surface area contributed by atoms with E-state index in [1.54, 1.807) is 6.07 Å². The van der Waals surface area contributed by atoms with Crippen molar-refractivity contribution >= 4 is 10.9 Å². The lowest BCUT2D eigenvalue weighted by Gasteiger charge is -2.06. The molecule has 0 saturated heterocycles. The molecule has 1 nitrogen and oxygen atoms in total. The van der Waals surface area contributed by atoms with Gasteiger partial charge in [-0.15, -0.1) is 0 Å². The summed E-state index contributed by atoms with van der Waals surface area (Å²) in [6, 6.07) is 15.1. The van der Waals surface area contributed by atoms with Crippen molar-refractivity contribution in [2.75, 3.05) is 0 Å². The Labute approximate surface area is 111 Å². The van der Waals surface area contributed by atoms with Crippen LogP contribution in [0.2, 0.25) is 0 Å². The molecular formula is C17H14FN. The molecule has 0 unspecified atom stereocenters. The van der Waals surface area contributed by atoms with E-state index in [0.29, 0.717) is 16.6 Å². The van der Waals surface area contributed by atoms with Gasteiger partial charge in [0.1, 0.15) is 5.82 Å². The molecule has 94 valence electrons. The van der Waals surface area contributed by atoms with E-state index in [4.69, 9.17) is 0 Å². The largest absolute Gasteiger partial charge is 0.248 e. The highest BCUT2D eigenvalue weighted by Gasteiger charge is 2.07. The van der Waals surface area contributed by atoms with Gasteiger partial charge in [-0.1, -0.05) is 29.8 Å².